The van der Waals surface area contributed by atoms with Crippen molar-refractivity contribution in [3.63, 3.8) is 0 Å². The van der Waals surface area contributed by atoms with Gasteiger partial charge in [-0.05, 0) is 68.9 Å². The van der Waals surface area contributed by atoms with E-state index in [1.165, 1.54) is 12.0 Å². The molecule has 1 aromatic heterocycles. The number of amides is 2. The van der Waals surface area contributed by atoms with Gasteiger partial charge in [-0.2, -0.15) is 0 Å². The Morgan fingerprint density at radius 2 is 1.97 bits per heavy atom. The van der Waals surface area contributed by atoms with Crippen LogP contribution in [0.1, 0.15) is 56.2 Å². The minimum atomic E-state index is -0.781. The summed E-state index contributed by atoms with van der Waals surface area (Å²) in [5.41, 5.74) is 2.47. The normalized spacial score (nSPS) is 22.3. The number of hydrogen-bond donors (Lipinski definition) is 2. The van der Waals surface area contributed by atoms with Crippen LogP contribution in [0.4, 0.5) is 10.6 Å². The van der Waals surface area contributed by atoms with Crippen LogP contribution in [0.5, 0.6) is 0 Å². The first kappa shape index (κ1) is 20.0. The molecule has 29 heavy (non-hydrogen) atoms. The average Bonchev–Trinajstić information content (AvgIpc) is 3.21. The van der Waals surface area contributed by atoms with Crippen LogP contribution in [0.3, 0.4) is 0 Å². The molecule has 158 valence electrons. The number of anilines is 1. The highest BCUT2D eigenvalue weighted by atomic mass is 16.4. The number of piperidine rings is 1. The lowest BCUT2D eigenvalue weighted by molar-refractivity contribution is -0.137. The summed E-state index contributed by atoms with van der Waals surface area (Å²) in [4.78, 5) is 32.5. The number of carboxylic acid groups (broad SMARTS) is 1. The molecule has 0 spiro atoms. The Kier molecular flexibility index (Phi) is 6.21. The lowest BCUT2D eigenvalue weighted by Gasteiger charge is -2.36. The molecule has 7 nitrogen and oxygen atoms in total. The monoisotopic (exact) mass is 400 g/mol. The Hall–Kier alpha value is -2.31. The number of aromatic nitrogens is 1. The van der Waals surface area contributed by atoms with Gasteiger partial charge in [0, 0.05) is 44.3 Å². The number of hydrogen-bond acceptors (Lipinski definition) is 4. The van der Waals surface area contributed by atoms with Crippen molar-refractivity contribution in [1.82, 2.24) is 14.8 Å². The van der Waals surface area contributed by atoms with Gasteiger partial charge in [-0.15, -0.1) is 0 Å². The Morgan fingerprint density at radius 1 is 1.14 bits per heavy atom. The van der Waals surface area contributed by atoms with Crippen LogP contribution in [-0.2, 0) is 17.6 Å². The standard InChI is InChI=1S/C22H32N4O3/c27-20(28)8-7-19-4-2-12-26(19)22(29)25-13-9-16(10-14-25)15-18-6-5-17-3-1-11-23-21(17)24-18/h5-6,16,19H,1-4,7-15H2,(H,23,24)(H,27,28). The van der Waals surface area contributed by atoms with E-state index in [-0.39, 0.29) is 18.5 Å². The van der Waals surface area contributed by atoms with Crippen molar-refractivity contribution in [2.75, 3.05) is 31.5 Å². The van der Waals surface area contributed by atoms with Crippen molar-refractivity contribution in [3.05, 3.63) is 23.4 Å². The van der Waals surface area contributed by atoms with Gasteiger partial charge in [0.25, 0.3) is 0 Å². The summed E-state index contributed by atoms with van der Waals surface area (Å²) >= 11 is 0. The Labute approximate surface area is 172 Å². The molecule has 1 atom stereocenters. The number of carbonyl (C=O) groups excluding carboxylic acids is 1. The summed E-state index contributed by atoms with van der Waals surface area (Å²) in [6, 6.07) is 4.57. The van der Waals surface area contributed by atoms with E-state index < -0.39 is 5.97 Å². The highest BCUT2D eigenvalue weighted by Gasteiger charge is 2.33. The van der Waals surface area contributed by atoms with Gasteiger partial charge in [0.1, 0.15) is 5.82 Å². The van der Waals surface area contributed by atoms with E-state index in [9.17, 15) is 9.59 Å². The number of aryl methyl sites for hydroxylation is 1. The molecule has 1 unspecified atom stereocenters. The van der Waals surface area contributed by atoms with E-state index in [2.05, 4.69) is 17.4 Å². The molecule has 2 N–H and O–H groups in total. The predicted molar refractivity (Wildman–Crippen MR) is 111 cm³/mol. The third-order valence-corrected chi connectivity index (χ3v) is 6.65. The topological polar surface area (TPSA) is 85.8 Å². The number of likely N-dealkylation sites (tertiary alicyclic amines) is 2. The fourth-order valence-electron chi connectivity index (χ4n) is 4.97. The molecule has 0 aromatic carbocycles. The Morgan fingerprint density at radius 3 is 2.76 bits per heavy atom. The van der Waals surface area contributed by atoms with Crippen molar-refractivity contribution in [3.8, 4) is 0 Å². The molecule has 0 saturated carbocycles. The van der Waals surface area contributed by atoms with Crippen molar-refractivity contribution in [1.29, 1.82) is 0 Å². The molecule has 0 radical (unpaired) electrons. The zero-order chi connectivity index (χ0) is 20.2. The zero-order valence-corrected chi connectivity index (χ0v) is 17.1. The minimum absolute atomic E-state index is 0.0866. The number of fused-ring (bicyclic) bond motifs is 1. The number of urea groups is 1. The average molecular weight is 401 g/mol. The molecule has 2 amide bonds. The van der Waals surface area contributed by atoms with Crippen LogP contribution < -0.4 is 5.32 Å². The maximum atomic E-state index is 13.0. The van der Waals surface area contributed by atoms with E-state index in [0.717, 1.165) is 76.2 Å². The lowest BCUT2D eigenvalue weighted by Crippen LogP contribution is -2.48. The number of carbonyl (C=O) groups is 2. The van der Waals surface area contributed by atoms with Gasteiger partial charge < -0.3 is 20.2 Å². The van der Waals surface area contributed by atoms with Gasteiger partial charge in [0.2, 0.25) is 0 Å². The number of nitrogens with one attached hydrogen (secondary N) is 1. The van der Waals surface area contributed by atoms with E-state index in [1.807, 2.05) is 9.80 Å². The fourth-order valence-corrected chi connectivity index (χ4v) is 4.97. The van der Waals surface area contributed by atoms with Crippen molar-refractivity contribution < 1.29 is 14.7 Å². The number of nitrogens with zero attached hydrogens (tertiary/aromatic N) is 3. The van der Waals surface area contributed by atoms with Crippen LogP contribution in [0.25, 0.3) is 0 Å². The molecule has 4 heterocycles. The quantitative estimate of drug-likeness (QED) is 0.793. The number of rotatable bonds is 5. The number of pyridine rings is 1. The van der Waals surface area contributed by atoms with Crippen LogP contribution in [-0.4, -0.2) is 64.1 Å². The van der Waals surface area contributed by atoms with Crippen molar-refractivity contribution in [2.45, 2.75) is 63.8 Å². The number of aliphatic carboxylic acids is 1. The maximum Gasteiger partial charge on any atom is 0.320 e. The summed E-state index contributed by atoms with van der Waals surface area (Å²) in [5.74, 6) is 0.841. The first-order valence-corrected chi connectivity index (χ1v) is 11.1. The largest absolute Gasteiger partial charge is 0.481 e. The molecule has 4 rings (SSSR count). The lowest BCUT2D eigenvalue weighted by atomic mass is 9.91. The molecular weight excluding hydrogens is 368 g/mol. The third-order valence-electron chi connectivity index (χ3n) is 6.65. The minimum Gasteiger partial charge on any atom is -0.481 e. The molecule has 2 fully saturated rings. The van der Waals surface area contributed by atoms with Crippen LogP contribution in [0, 0.1) is 5.92 Å². The van der Waals surface area contributed by atoms with E-state index >= 15 is 0 Å². The molecule has 0 aliphatic carbocycles. The summed E-state index contributed by atoms with van der Waals surface area (Å²) < 4.78 is 0. The molecular formula is C22H32N4O3. The highest BCUT2D eigenvalue weighted by Crippen LogP contribution is 2.27. The summed E-state index contributed by atoms with van der Waals surface area (Å²) in [5, 5.41) is 12.3. The van der Waals surface area contributed by atoms with Crippen LogP contribution in [0.15, 0.2) is 12.1 Å². The summed E-state index contributed by atoms with van der Waals surface area (Å²) in [7, 11) is 0. The number of carboxylic acids is 1. The molecule has 0 bridgehead atoms. The Balaban J connectivity index is 1.28. The summed E-state index contributed by atoms with van der Waals surface area (Å²) in [6.07, 6.45) is 7.88. The highest BCUT2D eigenvalue weighted by molar-refractivity contribution is 5.75. The molecule has 2 saturated heterocycles. The molecule has 3 aliphatic heterocycles. The second-order valence-electron chi connectivity index (χ2n) is 8.68. The first-order valence-electron chi connectivity index (χ1n) is 11.1. The first-order chi connectivity index (χ1) is 14.1. The second-order valence-corrected chi connectivity index (χ2v) is 8.68. The third kappa shape index (κ3) is 4.82. The van der Waals surface area contributed by atoms with Gasteiger partial charge in [-0.1, -0.05) is 6.07 Å². The molecule has 3 aliphatic rings. The van der Waals surface area contributed by atoms with E-state index in [0.29, 0.717) is 12.3 Å². The Bertz CT molecular complexity index is 746. The van der Waals surface area contributed by atoms with E-state index in [1.54, 1.807) is 0 Å². The van der Waals surface area contributed by atoms with Crippen LogP contribution >= 0.6 is 0 Å². The molecule has 7 heteroatoms. The maximum absolute atomic E-state index is 13.0. The van der Waals surface area contributed by atoms with Gasteiger partial charge in [0.05, 0.1) is 0 Å². The summed E-state index contributed by atoms with van der Waals surface area (Å²) in [6.45, 7) is 3.34. The van der Waals surface area contributed by atoms with Crippen molar-refractivity contribution >= 4 is 17.8 Å². The van der Waals surface area contributed by atoms with Gasteiger partial charge in [-0.3, -0.25) is 4.79 Å². The molecule has 1 aromatic rings. The van der Waals surface area contributed by atoms with E-state index in [4.69, 9.17) is 10.1 Å². The van der Waals surface area contributed by atoms with Crippen LogP contribution in [0.2, 0.25) is 0 Å². The smallest absolute Gasteiger partial charge is 0.320 e. The zero-order valence-electron chi connectivity index (χ0n) is 17.1. The predicted octanol–water partition coefficient (Wildman–Crippen LogP) is 3.14. The second kappa shape index (κ2) is 9.01. The SMILES string of the molecule is O=C(O)CCC1CCCN1C(=O)N1CCC(Cc2ccc3c(n2)NCCC3)CC1. The van der Waals surface area contributed by atoms with Gasteiger partial charge >= 0.3 is 12.0 Å². The van der Waals surface area contributed by atoms with Gasteiger partial charge in [-0.25, -0.2) is 9.78 Å². The van der Waals surface area contributed by atoms with Gasteiger partial charge in [0.15, 0.2) is 0 Å². The fraction of sp³-hybridized carbons (Fsp3) is 0.682. The van der Waals surface area contributed by atoms with Crippen molar-refractivity contribution in [2.24, 2.45) is 5.92 Å².